The van der Waals surface area contributed by atoms with Gasteiger partial charge in [-0.05, 0) is 23.3 Å². The van der Waals surface area contributed by atoms with E-state index in [0.717, 1.165) is 11.1 Å². The second kappa shape index (κ2) is 8.12. The maximum atomic E-state index is 12.0. The number of methoxy groups -OCH3 is 2. The van der Waals surface area contributed by atoms with Crippen LogP contribution in [0, 0.1) is 0 Å². The Morgan fingerprint density at radius 3 is 2.12 bits per heavy atom. The van der Waals surface area contributed by atoms with Crippen LogP contribution in [0.25, 0.3) is 0 Å². The van der Waals surface area contributed by atoms with Crippen LogP contribution < -0.4 is 4.74 Å². The van der Waals surface area contributed by atoms with Crippen molar-refractivity contribution in [1.82, 2.24) is 0 Å². The third kappa shape index (κ3) is 3.91. The van der Waals surface area contributed by atoms with Crippen LogP contribution in [-0.2, 0) is 22.7 Å². The smallest absolute Gasteiger partial charge is 0.342 e. The zero-order valence-corrected chi connectivity index (χ0v) is 13.4. The van der Waals surface area contributed by atoms with Gasteiger partial charge in [-0.25, -0.2) is 9.59 Å². The van der Waals surface area contributed by atoms with E-state index < -0.39 is 11.9 Å². The van der Waals surface area contributed by atoms with Crippen LogP contribution in [0.1, 0.15) is 31.8 Å². The third-order valence-electron chi connectivity index (χ3n) is 3.42. The average molecular weight is 330 g/mol. The van der Waals surface area contributed by atoms with Gasteiger partial charge in [-0.2, -0.15) is 0 Å². The molecule has 2 rings (SSSR count). The predicted octanol–water partition coefficient (Wildman–Crippen LogP) is 2.33. The van der Waals surface area contributed by atoms with Crippen molar-refractivity contribution in [3.63, 3.8) is 0 Å². The summed E-state index contributed by atoms with van der Waals surface area (Å²) in [6.45, 7) is 0.162. The molecule has 24 heavy (non-hydrogen) atoms. The lowest BCUT2D eigenvalue weighted by atomic mass is 10.1. The molecular formula is C18H18O6. The predicted molar refractivity (Wildman–Crippen MR) is 85.8 cm³/mol. The maximum absolute atomic E-state index is 12.0. The first-order chi connectivity index (χ1) is 11.6. The standard InChI is InChI=1S/C18H18O6/c1-22-17(20)14-4-3-5-15(16(14)18(21)23-2)24-11-13-8-6-12(10-19)7-9-13/h3-9,19H,10-11H2,1-2H3. The van der Waals surface area contributed by atoms with E-state index in [1.54, 1.807) is 24.3 Å². The van der Waals surface area contributed by atoms with Crippen molar-refractivity contribution in [3.8, 4) is 5.75 Å². The number of hydrogen-bond donors (Lipinski definition) is 1. The zero-order valence-electron chi connectivity index (χ0n) is 13.4. The van der Waals surface area contributed by atoms with E-state index in [1.807, 2.05) is 12.1 Å². The van der Waals surface area contributed by atoms with E-state index in [9.17, 15) is 9.59 Å². The van der Waals surface area contributed by atoms with Gasteiger partial charge < -0.3 is 19.3 Å². The number of benzene rings is 2. The van der Waals surface area contributed by atoms with E-state index >= 15 is 0 Å². The van der Waals surface area contributed by atoms with Crippen molar-refractivity contribution in [1.29, 1.82) is 0 Å². The van der Waals surface area contributed by atoms with Crippen LogP contribution in [0.4, 0.5) is 0 Å². The number of esters is 2. The van der Waals surface area contributed by atoms with Gasteiger partial charge in [0.15, 0.2) is 0 Å². The molecule has 6 heteroatoms. The molecule has 0 amide bonds. The van der Waals surface area contributed by atoms with E-state index in [1.165, 1.54) is 20.3 Å². The van der Waals surface area contributed by atoms with Crippen LogP contribution in [0.2, 0.25) is 0 Å². The van der Waals surface area contributed by atoms with Crippen molar-refractivity contribution in [3.05, 3.63) is 64.7 Å². The highest BCUT2D eigenvalue weighted by molar-refractivity contribution is 6.05. The zero-order chi connectivity index (χ0) is 17.5. The summed E-state index contributed by atoms with van der Waals surface area (Å²) >= 11 is 0. The van der Waals surface area contributed by atoms with Gasteiger partial charge in [0.05, 0.1) is 26.4 Å². The molecule has 2 aromatic carbocycles. The summed E-state index contributed by atoms with van der Waals surface area (Å²) in [6.07, 6.45) is 0. The van der Waals surface area contributed by atoms with Crippen molar-refractivity contribution in [2.24, 2.45) is 0 Å². The van der Waals surface area contributed by atoms with Crippen molar-refractivity contribution >= 4 is 11.9 Å². The molecule has 0 unspecified atom stereocenters. The number of aliphatic hydroxyl groups is 1. The number of ether oxygens (including phenoxy) is 3. The molecule has 0 saturated heterocycles. The molecule has 6 nitrogen and oxygen atoms in total. The second-order valence-corrected chi connectivity index (χ2v) is 4.93. The quantitative estimate of drug-likeness (QED) is 0.819. The van der Waals surface area contributed by atoms with E-state index in [2.05, 4.69) is 4.74 Å². The lowest BCUT2D eigenvalue weighted by Crippen LogP contribution is -2.14. The molecule has 2 aromatic rings. The minimum atomic E-state index is -0.679. The van der Waals surface area contributed by atoms with Crippen molar-refractivity contribution in [2.45, 2.75) is 13.2 Å². The van der Waals surface area contributed by atoms with Crippen molar-refractivity contribution in [2.75, 3.05) is 14.2 Å². The van der Waals surface area contributed by atoms with Crippen LogP contribution in [-0.4, -0.2) is 31.3 Å². The molecule has 0 heterocycles. The SMILES string of the molecule is COC(=O)c1cccc(OCc2ccc(CO)cc2)c1C(=O)OC. The minimum Gasteiger partial charge on any atom is -0.488 e. The molecule has 1 N–H and O–H groups in total. The Balaban J connectivity index is 2.28. The first kappa shape index (κ1) is 17.5. The number of rotatable bonds is 6. The average Bonchev–Trinajstić information content (AvgIpc) is 2.65. The first-order valence-corrected chi connectivity index (χ1v) is 7.21. The summed E-state index contributed by atoms with van der Waals surface area (Å²) in [6, 6.07) is 11.8. The number of carbonyl (C=O) groups is 2. The molecule has 0 saturated carbocycles. The Morgan fingerprint density at radius 1 is 0.917 bits per heavy atom. The summed E-state index contributed by atoms with van der Waals surface area (Å²) in [5.41, 5.74) is 1.75. The van der Waals surface area contributed by atoms with Gasteiger partial charge >= 0.3 is 11.9 Å². The Morgan fingerprint density at radius 2 is 1.54 bits per heavy atom. The van der Waals surface area contributed by atoms with Gasteiger partial charge in [-0.3, -0.25) is 0 Å². The van der Waals surface area contributed by atoms with Gasteiger partial charge in [-0.15, -0.1) is 0 Å². The maximum Gasteiger partial charge on any atom is 0.342 e. The highest BCUT2D eigenvalue weighted by Gasteiger charge is 2.23. The highest BCUT2D eigenvalue weighted by Crippen LogP contribution is 2.25. The molecule has 0 fully saturated rings. The molecule has 0 atom stereocenters. The Bertz CT molecular complexity index is 721. The van der Waals surface area contributed by atoms with Crippen LogP contribution in [0.3, 0.4) is 0 Å². The summed E-state index contributed by atoms with van der Waals surface area (Å²) in [5, 5.41) is 9.04. The summed E-state index contributed by atoms with van der Waals surface area (Å²) in [5.74, 6) is -1.09. The van der Waals surface area contributed by atoms with Gasteiger partial charge in [0.2, 0.25) is 0 Å². The molecule has 0 aromatic heterocycles. The summed E-state index contributed by atoms with van der Waals surface area (Å²) in [7, 11) is 2.47. The largest absolute Gasteiger partial charge is 0.488 e. The number of carbonyl (C=O) groups excluding carboxylic acids is 2. The molecule has 0 bridgehead atoms. The lowest BCUT2D eigenvalue weighted by Gasteiger charge is -2.13. The van der Waals surface area contributed by atoms with Gasteiger partial charge in [0.1, 0.15) is 17.9 Å². The topological polar surface area (TPSA) is 82.1 Å². The molecule has 0 spiro atoms. The summed E-state index contributed by atoms with van der Waals surface area (Å²) < 4.78 is 15.1. The minimum absolute atomic E-state index is 0.0267. The van der Waals surface area contributed by atoms with Crippen LogP contribution in [0.15, 0.2) is 42.5 Å². The Labute approximate surface area is 139 Å². The molecule has 0 aliphatic rings. The fraction of sp³-hybridized carbons (Fsp3) is 0.222. The fourth-order valence-corrected chi connectivity index (χ4v) is 2.15. The molecule has 0 radical (unpaired) electrons. The molecule has 0 aliphatic heterocycles. The third-order valence-corrected chi connectivity index (χ3v) is 3.42. The monoisotopic (exact) mass is 330 g/mol. The molecule has 0 aliphatic carbocycles. The summed E-state index contributed by atoms with van der Waals surface area (Å²) in [4.78, 5) is 23.9. The van der Waals surface area contributed by atoms with Crippen molar-refractivity contribution < 1.29 is 28.9 Å². The highest BCUT2D eigenvalue weighted by atomic mass is 16.5. The van der Waals surface area contributed by atoms with Crippen LogP contribution in [0.5, 0.6) is 5.75 Å². The number of hydrogen-bond acceptors (Lipinski definition) is 6. The van der Waals surface area contributed by atoms with E-state index in [-0.39, 0.29) is 30.1 Å². The lowest BCUT2D eigenvalue weighted by molar-refractivity contribution is 0.0550. The van der Waals surface area contributed by atoms with Gasteiger partial charge in [0, 0.05) is 0 Å². The fourth-order valence-electron chi connectivity index (χ4n) is 2.15. The van der Waals surface area contributed by atoms with E-state index in [0.29, 0.717) is 0 Å². The van der Waals surface area contributed by atoms with Gasteiger partial charge in [0.25, 0.3) is 0 Å². The number of aliphatic hydroxyl groups excluding tert-OH is 1. The Hall–Kier alpha value is -2.86. The van der Waals surface area contributed by atoms with E-state index in [4.69, 9.17) is 14.6 Å². The molecule has 126 valence electrons. The van der Waals surface area contributed by atoms with Crippen LogP contribution >= 0.6 is 0 Å². The molecular weight excluding hydrogens is 312 g/mol. The normalized spacial score (nSPS) is 10.1. The second-order valence-electron chi connectivity index (χ2n) is 4.93. The first-order valence-electron chi connectivity index (χ1n) is 7.21. The van der Waals surface area contributed by atoms with Gasteiger partial charge in [-0.1, -0.05) is 30.3 Å². The Kier molecular flexibility index (Phi) is 5.92.